The van der Waals surface area contributed by atoms with Gasteiger partial charge in [0.05, 0.1) is 12.7 Å². The lowest BCUT2D eigenvalue weighted by molar-refractivity contribution is 0.0945. The van der Waals surface area contributed by atoms with E-state index in [-0.39, 0.29) is 23.0 Å². The Hall–Kier alpha value is -1.96. The van der Waals surface area contributed by atoms with Crippen molar-refractivity contribution < 1.29 is 4.79 Å². The monoisotopic (exact) mass is 225 g/mol. The highest BCUT2D eigenvalue weighted by Crippen LogP contribution is 1.95. The van der Waals surface area contributed by atoms with Crippen LogP contribution in [0.1, 0.15) is 16.2 Å². The van der Waals surface area contributed by atoms with E-state index in [2.05, 4.69) is 25.7 Å². The molecule has 0 saturated heterocycles. The van der Waals surface area contributed by atoms with Crippen molar-refractivity contribution in [3.63, 3.8) is 0 Å². The lowest BCUT2D eigenvalue weighted by Gasteiger charge is -1.98. The van der Waals surface area contributed by atoms with E-state index in [1.54, 1.807) is 5.38 Å². The second kappa shape index (κ2) is 4.05. The number of aromatic nitrogens is 4. The van der Waals surface area contributed by atoms with Gasteiger partial charge in [-0.05, 0) is 0 Å². The summed E-state index contributed by atoms with van der Waals surface area (Å²) in [6.07, 6.45) is 1.33. The molecule has 0 atom stereocenters. The third kappa shape index (κ3) is 2.29. The van der Waals surface area contributed by atoms with Gasteiger partial charge in [-0.3, -0.25) is 9.59 Å². The Labute approximate surface area is 87.5 Å². The molecule has 7 nitrogen and oxygen atoms in total. The smallest absolute Gasteiger partial charge is 0.304 e. The van der Waals surface area contributed by atoms with Gasteiger partial charge >= 0.3 is 4.87 Å². The summed E-state index contributed by atoms with van der Waals surface area (Å²) in [6, 6.07) is 0. The summed E-state index contributed by atoms with van der Waals surface area (Å²) >= 11 is 1.06. The van der Waals surface area contributed by atoms with Crippen molar-refractivity contribution in [1.29, 1.82) is 0 Å². The number of nitrogens with one attached hydrogen (secondary N) is 3. The van der Waals surface area contributed by atoms with Crippen LogP contribution in [0.5, 0.6) is 0 Å². The third-order valence-corrected chi connectivity index (χ3v) is 2.38. The highest BCUT2D eigenvalue weighted by Gasteiger charge is 2.07. The predicted octanol–water partition coefficient (Wildman–Crippen LogP) is -0.516. The number of hydrogen-bond acceptors (Lipinski definition) is 5. The molecule has 0 aromatic carbocycles. The molecule has 78 valence electrons. The first-order chi connectivity index (χ1) is 7.25. The summed E-state index contributed by atoms with van der Waals surface area (Å²) in [7, 11) is 0. The first-order valence-corrected chi connectivity index (χ1v) is 4.94. The number of thiazole rings is 1. The average Bonchev–Trinajstić information content (AvgIpc) is 2.84. The fourth-order valence-electron chi connectivity index (χ4n) is 0.978. The number of nitrogens with zero attached hydrogens (tertiary/aromatic N) is 2. The fourth-order valence-corrected chi connectivity index (χ4v) is 1.56. The van der Waals surface area contributed by atoms with E-state index in [4.69, 9.17) is 0 Å². The van der Waals surface area contributed by atoms with Crippen LogP contribution in [-0.4, -0.2) is 26.3 Å². The van der Waals surface area contributed by atoms with Crippen LogP contribution in [-0.2, 0) is 6.54 Å². The number of amides is 1. The maximum absolute atomic E-state index is 11.4. The molecule has 0 spiro atoms. The van der Waals surface area contributed by atoms with Crippen LogP contribution >= 0.6 is 11.3 Å². The minimum Gasteiger partial charge on any atom is -0.345 e. The third-order valence-electron chi connectivity index (χ3n) is 1.66. The van der Waals surface area contributed by atoms with E-state index in [0.29, 0.717) is 5.69 Å². The average molecular weight is 225 g/mol. The molecule has 0 bridgehead atoms. The van der Waals surface area contributed by atoms with Gasteiger partial charge in [0.1, 0.15) is 0 Å². The molecule has 1 amide bonds. The molecule has 15 heavy (non-hydrogen) atoms. The van der Waals surface area contributed by atoms with E-state index in [9.17, 15) is 9.59 Å². The van der Waals surface area contributed by atoms with Crippen molar-refractivity contribution in [3.05, 3.63) is 32.6 Å². The normalized spacial score (nSPS) is 10.1. The van der Waals surface area contributed by atoms with Gasteiger partial charge in [0, 0.05) is 11.1 Å². The highest BCUT2D eigenvalue weighted by molar-refractivity contribution is 7.07. The molecule has 0 aliphatic carbocycles. The van der Waals surface area contributed by atoms with Crippen LogP contribution in [0, 0.1) is 0 Å². The van der Waals surface area contributed by atoms with Gasteiger partial charge < -0.3 is 10.3 Å². The molecule has 2 heterocycles. The molecule has 0 aliphatic heterocycles. The maximum Gasteiger partial charge on any atom is 0.304 e. The number of aromatic amines is 2. The molecule has 2 rings (SSSR count). The molecule has 0 saturated carbocycles. The van der Waals surface area contributed by atoms with Gasteiger partial charge in [-0.15, -0.1) is 0 Å². The minimum atomic E-state index is -0.337. The predicted molar refractivity (Wildman–Crippen MR) is 52.5 cm³/mol. The summed E-state index contributed by atoms with van der Waals surface area (Å²) in [5.74, 6) is -0.337. The Morgan fingerprint density at radius 1 is 1.60 bits per heavy atom. The van der Waals surface area contributed by atoms with Crippen molar-refractivity contribution in [2.45, 2.75) is 6.54 Å². The molecular formula is C7H7N5O2S. The second-order valence-corrected chi connectivity index (χ2v) is 3.55. The van der Waals surface area contributed by atoms with Crippen LogP contribution in [0.4, 0.5) is 0 Å². The van der Waals surface area contributed by atoms with E-state index < -0.39 is 0 Å². The molecule has 0 unspecified atom stereocenters. The number of hydrogen-bond donors (Lipinski definition) is 3. The van der Waals surface area contributed by atoms with Crippen molar-refractivity contribution in [3.8, 4) is 0 Å². The van der Waals surface area contributed by atoms with Crippen LogP contribution in [0.2, 0.25) is 0 Å². The molecule has 2 aromatic rings. The lowest BCUT2D eigenvalue weighted by Crippen LogP contribution is -2.23. The van der Waals surface area contributed by atoms with E-state index in [0.717, 1.165) is 11.3 Å². The lowest BCUT2D eigenvalue weighted by atomic mass is 10.4. The topological polar surface area (TPSA) is 104 Å². The van der Waals surface area contributed by atoms with Crippen molar-refractivity contribution in [2.75, 3.05) is 0 Å². The number of carbonyl (C=O) groups excluding carboxylic acids is 1. The number of rotatable bonds is 3. The maximum atomic E-state index is 11.4. The molecule has 0 fully saturated rings. The van der Waals surface area contributed by atoms with Crippen LogP contribution < -0.4 is 10.2 Å². The van der Waals surface area contributed by atoms with Crippen LogP contribution in [0.15, 0.2) is 16.4 Å². The summed E-state index contributed by atoms with van der Waals surface area (Å²) in [5.41, 5.74) is 0.884. The quantitative estimate of drug-likeness (QED) is 0.654. The number of H-pyrrole nitrogens is 2. The Morgan fingerprint density at radius 2 is 2.47 bits per heavy atom. The summed E-state index contributed by atoms with van der Waals surface area (Å²) in [5, 5.41) is 13.7. The van der Waals surface area contributed by atoms with E-state index >= 15 is 0 Å². The Bertz CT molecular complexity index is 499. The zero-order valence-electron chi connectivity index (χ0n) is 7.48. The summed E-state index contributed by atoms with van der Waals surface area (Å²) in [4.78, 5) is 24.6. The van der Waals surface area contributed by atoms with Gasteiger partial charge in [0.2, 0.25) is 0 Å². The van der Waals surface area contributed by atoms with Gasteiger partial charge in [0.15, 0.2) is 5.69 Å². The fraction of sp³-hybridized carbons (Fsp3) is 0.143. The summed E-state index contributed by atoms with van der Waals surface area (Å²) in [6.45, 7) is 0.268. The molecule has 8 heteroatoms. The Balaban J connectivity index is 1.94. The van der Waals surface area contributed by atoms with Crippen LogP contribution in [0.3, 0.4) is 0 Å². The molecule has 2 aromatic heterocycles. The van der Waals surface area contributed by atoms with Gasteiger partial charge in [-0.25, -0.2) is 0 Å². The second-order valence-electron chi connectivity index (χ2n) is 2.71. The van der Waals surface area contributed by atoms with Gasteiger partial charge in [-0.1, -0.05) is 11.3 Å². The minimum absolute atomic E-state index is 0.138. The Kier molecular flexibility index (Phi) is 2.59. The molecule has 0 aliphatic rings. The van der Waals surface area contributed by atoms with Crippen molar-refractivity contribution in [2.24, 2.45) is 0 Å². The molecule has 0 radical (unpaired) electrons. The van der Waals surface area contributed by atoms with Crippen molar-refractivity contribution in [1.82, 2.24) is 25.7 Å². The first-order valence-electron chi connectivity index (χ1n) is 4.06. The number of carbonyl (C=O) groups is 1. The molecular weight excluding hydrogens is 218 g/mol. The van der Waals surface area contributed by atoms with E-state index in [1.807, 2.05) is 0 Å². The SMILES string of the molecule is O=C(NCc1csc(=O)[nH]1)c1cn[nH]n1. The van der Waals surface area contributed by atoms with Gasteiger partial charge in [-0.2, -0.15) is 15.4 Å². The standard InChI is InChI=1S/C7H7N5O2S/c13-6(5-2-9-12-11-5)8-1-4-3-15-7(14)10-4/h2-3H,1H2,(H,8,13)(H,10,14)(H,9,11,12). The molecule has 3 N–H and O–H groups in total. The Morgan fingerprint density at radius 3 is 3.07 bits per heavy atom. The van der Waals surface area contributed by atoms with Crippen LogP contribution in [0.25, 0.3) is 0 Å². The first kappa shape index (κ1) is 9.59. The van der Waals surface area contributed by atoms with E-state index in [1.165, 1.54) is 6.20 Å². The summed E-state index contributed by atoms with van der Waals surface area (Å²) < 4.78 is 0. The van der Waals surface area contributed by atoms with Gasteiger partial charge in [0.25, 0.3) is 5.91 Å². The zero-order valence-corrected chi connectivity index (χ0v) is 8.30. The van der Waals surface area contributed by atoms with Crippen molar-refractivity contribution >= 4 is 17.2 Å². The zero-order chi connectivity index (χ0) is 10.7. The highest BCUT2D eigenvalue weighted by atomic mass is 32.1. The largest absolute Gasteiger partial charge is 0.345 e.